The van der Waals surface area contributed by atoms with E-state index in [4.69, 9.17) is 4.74 Å². The maximum absolute atomic E-state index is 10.5. The third-order valence-electron chi connectivity index (χ3n) is 2.67. The minimum absolute atomic E-state index is 0.262. The van der Waals surface area contributed by atoms with Crippen LogP contribution in [-0.2, 0) is 9.53 Å². The van der Waals surface area contributed by atoms with Crippen molar-refractivity contribution in [3.63, 3.8) is 0 Å². The van der Waals surface area contributed by atoms with Crippen LogP contribution in [0.25, 0.3) is 0 Å². The van der Waals surface area contributed by atoms with Gasteiger partial charge in [0.05, 0.1) is 0 Å². The number of carbonyl (C=O) groups is 1. The average molecular weight is 286 g/mol. The number of allylic oxidation sites excluding steroid dienone is 3. The molecule has 0 aromatic heterocycles. The molecule has 0 aromatic rings. The molecule has 0 aliphatic heterocycles. The van der Waals surface area contributed by atoms with Gasteiger partial charge in [0.2, 0.25) is 0 Å². The van der Waals surface area contributed by atoms with E-state index in [-0.39, 0.29) is 12.6 Å². The first-order chi connectivity index (χ1) is 10.3. The van der Waals surface area contributed by atoms with E-state index in [0.717, 1.165) is 12.8 Å². The molecule has 0 aromatic carbocycles. The monoisotopic (exact) mass is 286 g/mol. The summed E-state index contributed by atoms with van der Waals surface area (Å²) in [7, 11) is 0. The molecule has 0 unspecified atom stereocenters. The normalized spacial score (nSPS) is 10.0. The number of rotatable bonds is 9. The van der Waals surface area contributed by atoms with Crippen LogP contribution < -0.4 is 0 Å². The van der Waals surface area contributed by atoms with Gasteiger partial charge in [-0.1, -0.05) is 56.6 Å². The number of carbonyl (C=O) groups excluding carboxylic acids is 1. The lowest BCUT2D eigenvalue weighted by atomic mass is 10.1. The summed E-state index contributed by atoms with van der Waals surface area (Å²) in [5, 5.41) is 0. The summed E-state index contributed by atoms with van der Waals surface area (Å²) >= 11 is 0. The largest absolute Gasteiger partial charge is 0.462 e. The molecule has 21 heavy (non-hydrogen) atoms. The second kappa shape index (κ2) is 16.1. The van der Waals surface area contributed by atoms with Gasteiger partial charge in [0.1, 0.15) is 6.61 Å². The van der Waals surface area contributed by atoms with E-state index in [2.05, 4.69) is 42.8 Å². The predicted octanol–water partition coefficient (Wildman–Crippen LogP) is 4.42. The number of ether oxygens (including phenoxy) is 1. The molecule has 0 bridgehead atoms. The minimum Gasteiger partial charge on any atom is -0.462 e. The van der Waals surface area contributed by atoms with E-state index >= 15 is 0 Å². The van der Waals surface area contributed by atoms with Crippen LogP contribution in [0, 0.1) is 23.7 Å². The zero-order chi connectivity index (χ0) is 15.6. The lowest BCUT2D eigenvalue weighted by Crippen LogP contribution is -1.96. The molecular formula is C19H26O2. The van der Waals surface area contributed by atoms with Crippen molar-refractivity contribution in [1.29, 1.82) is 0 Å². The van der Waals surface area contributed by atoms with Gasteiger partial charge in [0, 0.05) is 13.3 Å². The molecule has 0 atom stereocenters. The summed E-state index contributed by atoms with van der Waals surface area (Å²) in [4.78, 5) is 10.5. The fraction of sp³-hybridized carbons (Fsp3) is 0.526. The molecule has 0 saturated carbocycles. The number of unbranched alkanes of at least 4 members (excludes halogenated alkanes) is 5. The SMILES string of the molecule is CCCCCCCC=CCC#CC#CC=CCOC(C)=O. The molecule has 2 nitrogen and oxygen atoms in total. The zero-order valence-corrected chi connectivity index (χ0v) is 13.3. The Kier molecular flexibility index (Phi) is 14.6. The van der Waals surface area contributed by atoms with Gasteiger partial charge in [-0.3, -0.25) is 4.79 Å². The molecule has 2 heteroatoms. The average Bonchev–Trinajstić information content (AvgIpc) is 2.46. The summed E-state index contributed by atoms with van der Waals surface area (Å²) in [6.07, 6.45) is 16.1. The van der Waals surface area contributed by atoms with Crippen LogP contribution in [-0.4, -0.2) is 12.6 Å². The van der Waals surface area contributed by atoms with E-state index in [1.807, 2.05) is 0 Å². The summed E-state index contributed by atoms with van der Waals surface area (Å²) in [5.41, 5.74) is 0. The van der Waals surface area contributed by atoms with Gasteiger partial charge < -0.3 is 4.74 Å². The third kappa shape index (κ3) is 18.1. The van der Waals surface area contributed by atoms with Crippen LogP contribution in [0.15, 0.2) is 24.3 Å². The number of hydrogen-bond acceptors (Lipinski definition) is 2. The van der Waals surface area contributed by atoms with Gasteiger partial charge in [0.15, 0.2) is 0 Å². The summed E-state index contributed by atoms with van der Waals surface area (Å²) < 4.78 is 4.72. The zero-order valence-electron chi connectivity index (χ0n) is 13.3. The molecule has 0 aliphatic rings. The molecule has 0 aliphatic carbocycles. The van der Waals surface area contributed by atoms with Crippen molar-refractivity contribution >= 4 is 5.97 Å². The standard InChI is InChI=1S/C19H26O2/c1-3-4-5-6-7-8-9-10-11-12-13-14-15-16-17-18-21-19(2)20/h9-10,16-17H,3-8,11,18H2,1-2H3. The molecule has 114 valence electrons. The third-order valence-corrected chi connectivity index (χ3v) is 2.67. The lowest BCUT2D eigenvalue weighted by molar-refractivity contribution is -0.139. The van der Waals surface area contributed by atoms with Crippen molar-refractivity contribution in [3.05, 3.63) is 24.3 Å². The van der Waals surface area contributed by atoms with Crippen molar-refractivity contribution in [2.45, 2.75) is 58.8 Å². The van der Waals surface area contributed by atoms with Crippen LogP contribution in [0.5, 0.6) is 0 Å². The van der Waals surface area contributed by atoms with Crippen LogP contribution in [0.4, 0.5) is 0 Å². The minimum atomic E-state index is -0.287. The van der Waals surface area contributed by atoms with Gasteiger partial charge in [0.25, 0.3) is 0 Å². The van der Waals surface area contributed by atoms with E-state index in [9.17, 15) is 4.79 Å². The highest BCUT2D eigenvalue weighted by Crippen LogP contribution is 2.05. The lowest BCUT2D eigenvalue weighted by Gasteiger charge is -1.95. The highest BCUT2D eigenvalue weighted by molar-refractivity contribution is 5.66. The molecule has 0 rings (SSSR count). The van der Waals surface area contributed by atoms with Crippen molar-refractivity contribution in [3.8, 4) is 23.7 Å². The van der Waals surface area contributed by atoms with Crippen LogP contribution in [0.3, 0.4) is 0 Å². The first-order valence-corrected chi connectivity index (χ1v) is 7.69. The Labute approximate surface area is 129 Å². The van der Waals surface area contributed by atoms with Gasteiger partial charge in [-0.2, -0.15) is 0 Å². The van der Waals surface area contributed by atoms with Crippen LogP contribution >= 0.6 is 0 Å². The van der Waals surface area contributed by atoms with Gasteiger partial charge in [-0.05, 0) is 36.8 Å². The van der Waals surface area contributed by atoms with E-state index < -0.39 is 0 Å². The fourth-order valence-corrected chi connectivity index (χ4v) is 1.57. The van der Waals surface area contributed by atoms with Crippen molar-refractivity contribution < 1.29 is 9.53 Å². The highest BCUT2D eigenvalue weighted by atomic mass is 16.5. The molecule has 0 heterocycles. The number of esters is 1. The van der Waals surface area contributed by atoms with E-state index in [1.54, 1.807) is 12.2 Å². The molecule has 0 fully saturated rings. The quantitative estimate of drug-likeness (QED) is 0.271. The molecule has 0 N–H and O–H groups in total. The summed E-state index contributed by atoms with van der Waals surface area (Å²) in [6, 6.07) is 0. The molecule has 0 spiro atoms. The number of hydrogen-bond donors (Lipinski definition) is 0. The summed E-state index contributed by atoms with van der Waals surface area (Å²) in [5.74, 6) is 11.0. The van der Waals surface area contributed by atoms with Gasteiger partial charge >= 0.3 is 5.97 Å². The second-order valence-electron chi connectivity index (χ2n) is 4.65. The first-order valence-electron chi connectivity index (χ1n) is 7.69. The van der Waals surface area contributed by atoms with Gasteiger partial charge in [-0.15, -0.1) is 0 Å². The maximum Gasteiger partial charge on any atom is 0.302 e. The first kappa shape index (κ1) is 19.1. The summed E-state index contributed by atoms with van der Waals surface area (Å²) in [6.45, 7) is 3.87. The molecule has 0 amide bonds. The van der Waals surface area contributed by atoms with E-state index in [0.29, 0.717) is 0 Å². The van der Waals surface area contributed by atoms with Crippen molar-refractivity contribution in [2.24, 2.45) is 0 Å². The van der Waals surface area contributed by atoms with Crippen molar-refractivity contribution in [1.82, 2.24) is 0 Å². The Morgan fingerprint density at radius 1 is 1.05 bits per heavy atom. The topological polar surface area (TPSA) is 26.3 Å². The van der Waals surface area contributed by atoms with E-state index in [1.165, 1.54) is 39.0 Å². The Morgan fingerprint density at radius 2 is 1.86 bits per heavy atom. The smallest absolute Gasteiger partial charge is 0.302 e. The Bertz CT molecular complexity index is 436. The maximum atomic E-state index is 10.5. The van der Waals surface area contributed by atoms with Crippen LogP contribution in [0.2, 0.25) is 0 Å². The van der Waals surface area contributed by atoms with Crippen molar-refractivity contribution in [2.75, 3.05) is 6.61 Å². The molecule has 0 saturated heterocycles. The Balaban J connectivity index is 3.54. The molecular weight excluding hydrogens is 260 g/mol. The second-order valence-corrected chi connectivity index (χ2v) is 4.65. The Morgan fingerprint density at radius 3 is 2.62 bits per heavy atom. The Hall–Kier alpha value is -1.93. The molecule has 0 radical (unpaired) electrons. The predicted molar refractivity (Wildman–Crippen MR) is 88.5 cm³/mol. The fourth-order valence-electron chi connectivity index (χ4n) is 1.57. The van der Waals surface area contributed by atoms with Gasteiger partial charge in [-0.25, -0.2) is 0 Å². The van der Waals surface area contributed by atoms with Crippen LogP contribution in [0.1, 0.15) is 58.8 Å². The highest BCUT2D eigenvalue weighted by Gasteiger charge is 1.86.